The van der Waals surface area contributed by atoms with Gasteiger partial charge in [0.05, 0.1) is 5.75 Å². The SMILES string of the molecule is Cc1cc(C2CCOCC2)nc(CS)n1. The third kappa shape index (κ3) is 2.69. The summed E-state index contributed by atoms with van der Waals surface area (Å²) in [5.74, 6) is 1.98. The summed E-state index contributed by atoms with van der Waals surface area (Å²) in [6.45, 7) is 3.71. The number of aryl methyl sites for hydroxylation is 1. The van der Waals surface area contributed by atoms with E-state index >= 15 is 0 Å². The van der Waals surface area contributed by atoms with Crippen LogP contribution in [-0.4, -0.2) is 23.2 Å². The van der Waals surface area contributed by atoms with Gasteiger partial charge in [0, 0.05) is 30.5 Å². The largest absolute Gasteiger partial charge is 0.381 e. The Balaban J connectivity index is 2.22. The first-order chi connectivity index (χ1) is 7.29. The molecule has 0 saturated carbocycles. The minimum Gasteiger partial charge on any atom is -0.381 e. The molecule has 0 unspecified atom stereocenters. The van der Waals surface area contributed by atoms with Gasteiger partial charge in [-0.15, -0.1) is 0 Å². The lowest BCUT2D eigenvalue weighted by molar-refractivity contribution is 0.0844. The molecule has 0 spiro atoms. The lowest BCUT2D eigenvalue weighted by Gasteiger charge is -2.21. The Morgan fingerprint density at radius 3 is 2.80 bits per heavy atom. The summed E-state index contributed by atoms with van der Waals surface area (Å²) in [7, 11) is 0. The summed E-state index contributed by atoms with van der Waals surface area (Å²) in [5.41, 5.74) is 2.20. The summed E-state index contributed by atoms with van der Waals surface area (Å²) in [6.07, 6.45) is 2.14. The highest BCUT2D eigenvalue weighted by atomic mass is 32.1. The zero-order chi connectivity index (χ0) is 10.7. The Morgan fingerprint density at radius 2 is 2.13 bits per heavy atom. The van der Waals surface area contributed by atoms with Crippen LogP contribution in [0, 0.1) is 6.92 Å². The second-order valence-electron chi connectivity index (χ2n) is 3.90. The summed E-state index contributed by atoms with van der Waals surface area (Å²) >= 11 is 4.22. The monoisotopic (exact) mass is 224 g/mol. The second kappa shape index (κ2) is 4.94. The first-order valence-corrected chi connectivity index (χ1v) is 5.96. The average Bonchev–Trinajstić information content (AvgIpc) is 2.29. The molecule has 0 N–H and O–H groups in total. The van der Waals surface area contributed by atoms with E-state index in [2.05, 4.69) is 28.7 Å². The fourth-order valence-corrected chi connectivity index (χ4v) is 2.07. The van der Waals surface area contributed by atoms with E-state index < -0.39 is 0 Å². The summed E-state index contributed by atoms with van der Waals surface area (Å²) < 4.78 is 5.35. The summed E-state index contributed by atoms with van der Waals surface area (Å²) in [6, 6.07) is 2.09. The fraction of sp³-hybridized carbons (Fsp3) is 0.636. The first-order valence-electron chi connectivity index (χ1n) is 5.32. The predicted molar refractivity (Wildman–Crippen MR) is 62.3 cm³/mol. The smallest absolute Gasteiger partial charge is 0.138 e. The van der Waals surface area contributed by atoms with Crippen molar-refractivity contribution in [3.05, 3.63) is 23.3 Å². The molecule has 4 heteroatoms. The molecule has 1 aromatic heterocycles. The highest BCUT2D eigenvalue weighted by Gasteiger charge is 2.18. The van der Waals surface area contributed by atoms with E-state index in [4.69, 9.17) is 4.74 Å². The number of aromatic nitrogens is 2. The van der Waals surface area contributed by atoms with Crippen LogP contribution in [0.15, 0.2) is 6.07 Å². The zero-order valence-corrected chi connectivity index (χ0v) is 9.83. The van der Waals surface area contributed by atoms with Crippen molar-refractivity contribution >= 4 is 12.6 Å². The molecule has 1 aliphatic heterocycles. The van der Waals surface area contributed by atoms with Crippen LogP contribution in [0.5, 0.6) is 0 Å². The Hall–Kier alpha value is -0.610. The molecular weight excluding hydrogens is 208 g/mol. The maximum atomic E-state index is 5.35. The molecular formula is C11H16N2OS. The number of ether oxygens (including phenoxy) is 1. The van der Waals surface area contributed by atoms with Crippen LogP contribution in [-0.2, 0) is 10.5 Å². The number of thiol groups is 1. The molecule has 82 valence electrons. The molecule has 3 nitrogen and oxygen atoms in total. The average molecular weight is 224 g/mol. The van der Waals surface area contributed by atoms with E-state index in [1.54, 1.807) is 0 Å². The molecule has 0 radical (unpaired) electrons. The van der Waals surface area contributed by atoms with Gasteiger partial charge in [-0.25, -0.2) is 9.97 Å². The van der Waals surface area contributed by atoms with Crippen LogP contribution in [0.25, 0.3) is 0 Å². The van der Waals surface area contributed by atoms with Crippen molar-refractivity contribution in [1.29, 1.82) is 0 Å². The molecule has 0 amide bonds. The maximum Gasteiger partial charge on any atom is 0.138 e. The summed E-state index contributed by atoms with van der Waals surface area (Å²) in [4.78, 5) is 8.86. The maximum absolute atomic E-state index is 5.35. The Morgan fingerprint density at radius 1 is 1.40 bits per heavy atom. The number of hydrogen-bond donors (Lipinski definition) is 1. The van der Waals surface area contributed by atoms with Crippen molar-refractivity contribution in [1.82, 2.24) is 9.97 Å². The third-order valence-electron chi connectivity index (χ3n) is 2.70. The van der Waals surface area contributed by atoms with Crippen molar-refractivity contribution in [2.75, 3.05) is 13.2 Å². The van der Waals surface area contributed by atoms with Gasteiger partial charge in [0.15, 0.2) is 0 Å². The van der Waals surface area contributed by atoms with E-state index in [1.165, 1.54) is 0 Å². The van der Waals surface area contributed by atoms with Crippen molar-refractivity contribution in [2.45, 2.75) is 31.4 Å². The highest BCUT2D eigenvalue weighted by molar-refractivity contribution is 7.79. The van der Waals surface area contributed by atoms with Gasteiger partial charge >= 0.3 is 0 Å². The van der Waals surface area contributed by atoms with Crippen molar-refractivity contribution < 1.29 is 4.74 Å². The van der Waals surface area contributed by atoms with Gasteiger partial charge < -0.3 is 4.74 Å². The normalized spacial score (nSPS) is 18.0. The minimum absolute atomic E-state index is 0.541. The van der Waals surface area contributed by atoms with Crippen molar-refractivity contribution in [3.63, 3.8) is 0 Å². The van der Waals surface area contributed by atoms with Crippen molar-refractivity contribution in [2.24, 2.45) is 0 Å². The Kier molecular flexibility index (Phi) is 3.59. The lowest BCUT2D eigenvalue weighted by Crippen LogP contribution is -2.16. The molecule has 0 aromatic carbocycles. The lowest BCUT2D eigenvalue weighted by atomic mass is 9.96. The third-order valence-corrected chi connectivity index (χ3v) is 2.98. The van der Waals surface area contributed by atoms with Crippen molar-refractivity contribution in [3.8, 4) is 0 Å². The van der Waals surface area contributed by atoms with Gasteiger partial charge in [0.2, 0.25) is 0 Å². The minimum atomic E-state index is 0.541. The van der Waals surface area contributed by atoms with Gasteiger partial charge in [-0.3, -0.25) is 0 Å². The molecule has 1 saturated heterocycles. The molecule has 0 aliphatic carbocycles. The highest BCUT2D eigenvalue weighted by Crippen LogP contribution is 2.25. The first kappa shape index (κ1) is 10.9. The molecule has 0 bridgehead atoms. The van der Waals surface area contributed by atoms with Crippen LogP contribution in [0.1, 0.15) is 36.0 Å². The standard InChI is InChI=1S/C11H16N2OS/c1-8-6-10(13-11(7-15)12-8)9-2-4-14-5-3-9/h6,9,15H,2-5,7H2,1H3. The zero-order valence-electron chi connectivity index (χ0n) is 8.94. The van der Waals surface area contributed by atoms with Gasteiger partial charge in [-0.05, 0) is 25.8 Å². The van der Waals surface area contributed by atoms with Crippen LogP contribution in [0.4, 0.5) is 0 Å². The predicted octanol–water partition coefficient (Wildman–Crippen LogP) is 2.11. The fourth-order valence-electron chi connectivity index (χ4n) is 1.93. The topological polar surface area (TPSA) is 35.0 Å². The number of nitrogens with zero attached hydrogens (tertiary/aromatic N) is 2. The quantitative estimate of drug-likeness (QED) is 0.781. The molecule has 1 fully saturated rings. The van der Waals surface area contributed by atoms with E-state index in [0.717, 1.165) is 43.3 Å². The van der Waals surface area contributed by atoms with Crippen LogP contribution in [0.3, 0.4) is 0 Å². The molecule has 1 aliphatic rings. The molecule has 2 rings (SSSR count). The van der Waals surface area contributed by atoms with Crippen LogP contribution in [0.2, 0.25) is 0 Å². The van der Waals surface area contributed by atoms with Gasteiger partial charge in [0.25, 0.3) is 0 Å². The second-order valence-corrected chi connectivity index (χ2v) is 4.21. The van der Waals surface area contributed by atoms with Gasteiger partial charge in [0.1, 0.15) is 5.82 Å². The molecule has 2 heterocycles. The Labute approximate surface area is 95.7 Å². The van der Waals surface area contributed by atoms with Gasteiger partial charge in [-0.2, -0.15) is 12.6 Å². The summed E-state index contributed by atoms with van der Waals surface area (Å²) in [5, 5.41) is 0. The molecule has 1 aromatic rings. The van der Waals surface area contributed by atoms with Crippen LogP contribution >= 0.6 is 12.6 Å². The molecule has 15 heavy (non-hydrogen) atoms. The number of hydrogen-bond acceptors (Lipinski definition) is 4. The van der Waals surface area contributed by atoms with Crippen LogP contribution < -0.4 is 0 Å². The van der Waals surface area contributed by atoms with Gasteiger partial charge in [-0.1, -0.05) is 0 Å². The molecule has 0 atom stereocenters. The van der Waals surface area contributed by atoms with E-state index in [-0.39, 0.29) is 0 Å². The Bertz CT molecular complexity index is 337. The van der Waals surface area contributed by atoms with E-state index in [9.17, 15) is 0 Å². The van der Waals surface area contributed by atoms with E-state index in [0.29, 0.717) is 11.7 Å². The number of rotatable bonds is 2. The van der Waals surface area contributed by atoms with E-state index in [1.807, 2.05) is 6.92 Å².